The molecule has 0 aliphatic heterocycles. The van der Waals surface area contributed by atoms with E-state index in [1.807, 2.05) is 20.8 Å². The molecule has 0 aliphatic rings. The van der Waals surface area contributed by atoms with Gasteiger partial charge in [0.05, 0.1) is 11.6 Å². The second kappa shape index (κ2) is 10.7. The Balaban J connectivity index is 0.00000676. The summed E-state index contributed by atoms with van der Waals surface area (Å²) in [7, 11) is 1.57. The lowest BCUT2D eigenvalue weighted by atomic mass is 9.96. The number of hydrogen-bond acceptors (Lipinski definition) is 2. The molecule has 1 atom stereocenters. The fraction of sp³-hybridized carbons (Fsp3) is 0.556. The Bertz CT molecular complexity index is 642. The highest BCUT2D eigenvalue weighted by Crippen LogP contribution is 2.30. The zero-order chi connectivity index (χ0) is 20.0. The smallest absolute Gasteiger partial charge is 0.355 e. The molecule has 0 heterocycles. The van der Waals surface area contributed by atoms with Gasteiger partial charge in [-0.25, -0.2) is 0 Å². The molecule has 3 N–H and O–H groups in total. The summed E-state index contributed by atoms with van der Waals surface area (Å²) in [6.45, 7) is 8.09. The standard InChI is InChI=1S/C18H27F3N4O.HI/c1-12(13-7-6-8-14(11-13)18(19,20)21)25-16(22-5)24-10-9-23-15(26)17(2,3)4;/h6-8,11-12H,9-10H2,1-5H3,(H,23,26)(H2,22,24,25);1H. The molecule has 9 heteroatoms. The molecule has 0 fully saturated rings. The number of aliphatic imine (C=N–C) groups is 1. The van der Waals surface area contributed by atoms with Crippen LogP contribution in [0.3, 0.4) is 0 Å². The van der Waals surface area contributed by atoms with Gasteiger partial charge >= 0.3 is 6.18 Å². The van der Waals surface area contributed by atoms with Crippen LogP contribution in [0.2, 0.25) is 0 Å². The van der Waals surface area contributed by atoms with Gasteiger partial charge in [0.25, 0.3) is 0 Å². The average Bonchev–Trinajstić information content (AvgIpc) is 2.55. The van der Waals surface area contributed by atoms with Gasteiger partial charge in [0.1, 0.15) is 0 Å². The Morgan fingerprint density at radius 1 is 1.15 bits per heavy atom. The highest BCUT2D eigenvalue weighted by molar-refractivity contribution is 14.0. The van der Waals surface area contributed by atoms with Gasteiger partial charge in [-0.3, -0.25) is 9.79 Å². The number of rotatable bonds is 5. The van der Waals surface area contributed by atoms with Crippen LogP contribution < -0.4 is 16.0 Å². The van der Waals surface area contributed by atoms with Crippen molar-refractivity contribution in [1.29, 1.82) is 0 Å². The van der Waals surface area contributed by atoms with Crippen molar-refractivity contribution in [1.82, 2.24) is 16.0 Å². The van der Waals surface area contributed by atoms with Crippen molar-refractivity contribution in [3.63, 3.8) is 0 Å². The van der Waals surface area contributed by atoms with Gasteiger partial charge in [0.2, 0.25) is 5.91 Å². The predicted octanol–water partition coefficient (Wildman–Crippen LogP) is 3.71. The second-order valence-electron chi connectivity index (χ2n) is 6.99. The molecule has 0 saturated carbocycles. The molecule has 27 heavy (non-hydrogen) atoms. The maximum absolute atomic E-state index is 12.8. The first kappa shape index (κ1) is 25.5. The number of nitrogens with zero attached hydrogens (tertiary/aromatic N) is 1. The number of benzene rings is 1. The lowest BCUT2D eigenvalue weighted by Crippen LogP contribution is -2.44. The molecule has 0 aromatic heterocycles. The summed E-state index contributed by atoms with van der Waals surface area (Å²) in [5.41, 5.74) is -0.641. The maximum atomic E-state index is 12.8. The first-order valence-electron chi connectivity index (χ1n) is 8.38. The Morgan fingerprint density at radius 3 is 2.26 bits per heavy atom. The molecule has 0 bridgehead atoms. The number of carbonyl (C=O) groups excluding carboxylic acids is 1. The number of nitrogens with one attached hydrogen (secondary N) is 3. The lowest BCUT2D eigenvalue weighted by molar-refractivity contribution is -0.137. The van der Waals surface area contributed by atoms with E-state index in [0.29, 0.717) is 24.6 Å². The first-order chi connectivity index (χ1) is 11.9. The highest BCUT2D eigenvalue weighted by atomic mass is 127. The fourth-order valence-electron chi connectivity index (χ4n) is 2.09. The molecular weight excluding hydrogens is 472 g/mol. The molecule has 1 amide bonds. The van der Waals surface area contributed by atoms with Crippen LogP contribution in [-0.2, 0) is 11.0 Å². The van der Waals surface area contributed by atoms with Crippen LogP contribution in [0.5, 0.6) is 0 Å². The number of amides is 1. The van der Waals surface area contributed by atoms with E-state index in [1.165, 1.54) is 6.07 Å². The van der Waals surface area contributed by atoms with Crippen molar-refractivity contribution in [3.05, 3.63) is 35.4 Å². The Hall–Kier alpha value is -1.52. The minimum Gasteiger partial charge on any atom is -0.355 e. The molecule has 1 unspecified atom stereocenters. The summed E-state index contributed by atoms with van der Waals surface area (Å²) in [5.74, 6) is 0.388. The SMILES string of the molecule is CN=C(NCCNC(=O)C(C)(C)C)NC(C)c1cccc(C(F)(F)F)c1.I. The van der Waals surface area contributed by atoms with Gasteiger partial charge in [-0.2, -0.15) is 13.2 Å². The van der Waals surface area contributed by atoms with Crippen LogP contribution in [0.15, 0.2) is 29.3 Å². The molecule has 1 rings (SSSR count). The largest absolute Gasteiger partial charge is 0.416 e. The van der Waals surface area contributed by atoms with E-state index in [9.17, 15) is 18.0 Å². The Labute approximate surface area is 175 Å². The molecule has 0 radical (unpaired) electrons. The molecule has 0 saturated heterocycles. The molecule has 5 nitrogen and oxygen atoms in total. The van der Waals surface area contributed by atoms with E-state index < -0.39 is 17.2 Å². The van der Waals surface area contributed by atoms with Crippen LogP contribution >= 0.6 is 24.0 Å². The molecular formula is C18H28F3IN4O. The summed E-state index contributed by atoms with van der Waals surface area (Å²) in [4.78, 5) is 15.8. The minimum absolute atomic E-state index is 0. The van der Waals surface area contributed by atoms with E-state index in [4.69, 9.17) is 0 Å². The highest BCUT2D eigenvalue weighted by Gasteiger charge is 2.30. The van der Waals surface area contributed by atoms with Crippen LogP contribution in [0, 0.1) is 5.41 Å². The van der Waals surface area contributed by atoms with E-state index in [-0.39, 0.29) is 35.9 Å². The molecule has 1 aromatic carbocycles. The monoisotopic (exact) mass is 500 g/mol. The van der Waals surface area contributed by atoms with Gasteiger partial charge in [-0.05, 0) is 24.6 Å². The Kier molecular flexibility index (Phi) is 10.1. The maximum Gasteiger partial charge on any atom is 0.416 e. The number of halogens is 4. The first-order valence-corrected chi connectivity index (χ1v) is 8.38. The van der Waals surface area contributed by atoms with Gasteiger partial charge in [-0.15, -0.1) is 24.0 Å². The predicted molar refractivity (Wildman–Crippen MR) is 112 cm³/mol. The van der Waals surface area contributed by atoms with Gasteiger partial charge < -0.3 is 16.0 Å². The number of alkyl halides is 3. The summed E-state index contributed by atoms with van der Waals surface area (Å²) in [6, 6.07) is 4.81. The summed E-state index contributed by atoms with van der Waals surface area (Å²) in [6.07, 6.45) is -4.37. The number of hydrogen-bond donors (Lipinski definition) is 3. The third-order valence-corrected chi connectivity index (χ3v) is 3.67. The molecule has 1 aromatic rings. The van der Waals surface area contributed by atoms with Gasteiger partial charge in [0, 0.05) is 25.6 Å². The zero-order valence-corrected chi connectivity index (χ0v) is 18.5. The summed E-state index contributed by atoms with van der Waals surface area (Å²) < 4.78 is 38.5. The fourth-order valence-corrected chi connectivity index (χ4v) is 2.09. The van der Waals surface area contributed by atoms with Crippen LogP contribution in [0.25, 0.3) is 0 Å². The molecule has 0 spiro atoms. The van der Waals surface area contributed by atoms with E-state index in [2.05, 4.69) is 20.9 Å². The third-order valence-electron chi connectivity index (χ3n) is 3.67. The number of carbonyl (C=O) groups is 1. The van der Waals surface area contributed by atoms with E-state index in [1.54, 1.807) is 20.0 Å². The van der Waals surface area contributed by atoms with Gasteiger partial charge in [0.15, 0.2) is 5.96 Å². The lowest BCUT2D eigenvalue weighted by Gasteiger charge is -2.20. The third kappa shape index (κ3) is 8.81. The van der Waals surface area contributed by atoms with Crippen molar-refractivity contribution >= 4 is 35.8 Å². The van der Waals surface area contributed by atoms with E-state index in [0.717, 1.165) is 12.1 Å². The van der Waals surface area contributed by atoms with E-state index >= 15 is 0 Å². The van der Waals surface area contributed by atoms with Crippen molar-refractivity contribution in [3.8, 4) is 0 Å². The van der Waals surface area contributed by atoms with Crippen molar-refractivity contribution in [2.45, 2.75) is 39.9 Å². The normalized spacial score (nSPS) is 13.4. The van der Waals surface area contributed by atoms with Gasteiger partial charge in [-0.1, -0.05) is 32.9 Å². The van der Waals surface area contributed by atoms with Crippen molar-refractivity contribution in [2.24, 2.45) is 10.4 Å². The Morgan fingerprint density at radius 2 is 1.74 bits per heavy atom. The minimum atomic E-state index is -4.37. The van der Waals surface area contributed by atoms with Crippen molar-refractivity contribution in [2.75, 3.05) is 20.1 Å². The quantitative estimate of drug-likeness (QED) is 0.250. The second-order valence-corrected chi connectivity index (χ2v) is 6.99. The van der Waals surface area contributed by atoms with Crippen LogP contribution in [0.1, 0.15) is 44.9 Å². The molecule has 154 valence electrons. The van der Waals surface area contributed by atoms with Crippen LogP contribution in [0.4, 0.5) is 13.2 Å². The summed E-state index contributed by atoms with van der Waals surface area (Å²) >= 11 is 0. The average molecular weight is 500 g/mol. The molecule has 0 aliphatic carbocycles. The van der Waals surface area contributed by atoms with Crippen LogP contribution in [-0.4, -0.2) is 32.0 Å². The topological polar surface area (TPSA) is 65.5 Å². The zero-order valence-electron chi connectivity index (χ0n) is 16.2. The van der Waals surface area contributed by atoms with Crippen molar-refractivity contribution < 1.29 is 18.0 Å². The summed E-state index contributed by atoms with van der Waals surface area (Å²) in [5, 5.41) is 8.86. The number of guanidine groups is 1.